The molecule has 2 heterocycles. The number of carbonyl (C=O) groups excluding carboxylic acids is 1. The SMILES string of the molecule is CC(C)Cn1nc(C(=O)N[C@@H](C)CCc2ccco2)c2ccccc2c1=O. The summed E-state index contributed by atoms with van der Waals surface area (Å²) in [6.07, 6.45) is 3.14. The fraction of sp³-hybridized carbons (Fsp3) is 0.381. The molecule has 1 aromatic carbocycles. The lowest BCUT2D eigenvalue weighted by Gasteiger charge is -2.15. The van der Waals surface area contributed by atoms with Gasteiger partial charge in [-0.2, -0.15) is 5.10 Å². The number of aromatic nitrogens is 2. The van der Waals surface area contributed by atoms with Crippen LogP contribution in [0.2, 0.25) is 0 Å². The van der Waals surface area contributed by atoms with Crippen molar-refractivity contribution < 1.29 is 9.21 Å². The van der Waals surface area contributed by atoms with E-state index >= 15 is 0 Å². The predicted molar refractivity (Wildman–Crippen MR) is 105 cm³/mol. The monoisotopic (exact) mass is 367 g/mol. The van der Waals surface area contributed by atoms with Crippen LogP contribution in [0.3, 0.4) is 0 Å². The van der Waals surface area contributed by atoms with Crippen LogP contribution >= 0.6 is 0 Å². The molecule has 0 fully saturated rings. The van der Waals surface area contributed by atoms with Gasteiger partial charge in [0.05, 0.1) is 11.6 Å². The van der Waals surface area contributed by atoms with Crippen molar-refractivity contribution >= 4 is 16.7 Å². The van der Waals surface area contributed by atoms with Crippen LogP contribution in [-0.4, -0.2) is 21.7 Å². The Morgan fingerprint density at radius 2 is 1.89 bits per heavy atom. The highest BCUT2D eigenvalue weighted by Crippen LogP contribution is 2.14. The summed E-state index contributed by atoms with van der Waals surface area (Å²) >= 11 is 0. The second-order valence-electron chi connectivity index (χ2n) is 7.27. The molecule has 1 atom stereocenters. The smallest absolute Gasteiger partial charge is 0.274 e. The van der Waals surface area contributed by atoms with E-state index in [1.54, 1.807) is 24.5 Å². The second-order valence-corrected chi connectivity index (χ2v) is 7.27. The first kappa shape index (κ1) is 18.9. The summed E-state index contributed by atoms with van der Waals surface area (Å²) in [6, 6.07) is 10.9. The van der Waals surface area contributed by atoms with Crippen LogP contribution in [0.5, 0.6) is 0 Å². The van der Waals surface area contributed by atoms with Crippen LogP contribution in [-0.2, 0) is 13.0 Å². The molecule has 0 radical (unpaired) electrons. The normalized spacial score (nSPS) is 12.4. The van der Waals surface area contributed by atoms with Gasteiger partial charge in [0.1, 0.15) is 5.76 Å². The highest BCUT2D eigenvalue weighted by molar-refractivity contribution is 6.04. The van der Waals surface area contributed by atoms with Crippen molar-refractivity contribution in [2.24, 2.45) is 5.92 Å². The number of nitrogens with zero attached hydrogens (tertiary/aromatic N) is 2. The fourth-order valence-corrected chi connectivity index (χ4v) is 3.05. The lowest BCUT2D eigenvalue weighted by molar-refractivity contribution is 0.0932. The van der Waals surface area contributed by atoms with Crippen molar-refractivity contribution in [2.45, 2.75) is 46.2 Å². The zero-order valence-corrected chi connectivity index (χ0v) is 15.9. The molecule has 27 heavy (non-hydrogen) atoms. The third-order valence-corrected chi connectivity index (χ3v) is 4.40. The maximum atomic E-state index is 12.9. The summed E-state index contributed by atoms with van der Waals surface area (Å²) in [6.45, 7) is 6.45. The van der Waals surface area contributed by atoms with E-state index in [1.165, 1.54) is 4.68 Å². The Hall–Kier alpha value is -2.89. The average molecular weight is 367 g/mol. The molecule has 0 spiro atoms. The van der Waals surface area contributed by atoms with Crippen molar-refractivity contribution in [3.8, 4) is 0 Å². The highest BCUT2D eigenvalue weighted by atomic mass is 16.3. The third-order valence-electron chi connectivity index (χ3n) is 4.40. The number of nitrogens with one attached hydrogen (secondary N) is 1. The molecule has 3 aromatic rings. The number of amides is 1. The molecular weight excluding hydrogens is 342 g/mol. The largest absolute Gasteiger partial charge is 0.469 e. The lowest BCUT2D eigenvalue weighted by atomic mass is 10.1. The molecule has 142 valence electrons. The van der Waals surface area contributed by atoms with Gasteiger partial charge >= 0.3 is 0 Å². The van der Waals surface area contributed by atoms with Crippen LogP contribution in [0.4, 0.5) is 0 Å². The van der Waals surface area contributed by atoms with E-state index in [-0.39, 0.29) is 29.1 Å². The molecule has 3 rings (SSSR count). The number of fused-ring (bicyclic) bond motifs is 1. The Kier molecular flexibility index (Phi) is 5.74. The minimum atomic E-state index is -0.268. The molecule has 0 aliphatic heterocycles. The van der Waals surface area contributed by atoms with Crippen LogP contribution in [0.15, 0.2) is 51.9 Å². The van der Waals surface area contributed by atoms with Crippen molar-refractivity contribution in [3.63, 3.8) is 0 Å². The van der Waals surface area contributed by atoms with Gasteiger partial charge in [0.2, 0.25) is 0 Å². The molecule has 1 N–H and O–H groups in total. The van der Waals surface area contributed by atoms with Crippen molar-refractivity contribution in [1.29, 1.82) is 0 Å². The van der Waals surface area contributed by atoms with Gasteiger partial charge in [0.15, 0.2) is 5.69 Å². The van der Waals surface area contributed by atoms with E-state index < -0.39 is 0 Å². The van der Waals surface area contributed by atoms with E-state index in [4.69, 9.17) is 4.42 Å². The van der Waals surface area contributed by atoms with Gasteiger partial charge in [0.25, 0.3) is 11.5 Å². The molecule has 2 aromatic heterocycles. The number of carbonyl (C=O) groups is 1. The van der Waals surface area contributed by atoms with Gasteiger partial charge in [0, 0.05) is 24.4 Å². The first-order valence-corrected chi connectivity index (χ1v) is 9.28. The first-order valence-electron chi connectivity index (χ1n) is 9.28. The number of hydrogen-bond donors (Lipinski definition) is 1. The van der Waals surface area contributed by atoms with Gasteiger partial charge in [-0.05, 0) is 37.5 Å². The molecule has 0 aliphatic rings. The summed E-state index contributed by atoms with van der Waals surface area (Å²) < 4.78 is 6.73. The van der Waals surface area contributed by atoms with E-state index in [0.29, 0.717) is 17.3 Å². The third kappa shape index (κ3) is 4.45. The molecule has 0 aliphatic carbocycles. The summed E-state index contributed by atoms with van der Waals surface area (Å²) in [5.74, 6) is 0.875. The molecule has 0 bridgehead atoms. The Morgan fingerprint density at radius 1 is 1.15 bits per heavy atom. The molecule has 0 unspecified atom stereocenters. The topological polar surface area (TPSA) is 77.1 Å². The Bertz CT molecular complexity index is 974. The molecular formula is C21H25N3O3. The number of furan rings is 1. The standard InChI is InChI=1S/C21H25N3O3/c1-14(2)13-24-21(26)18-9-5-4-8-17(18)19(23-24)20(25)22-15(3)10-11-16-7-6-12-27-16/h4-9,12,14-15H,10-11,13H2,1-3H3,(H,22,25)/t15-/m0/s1. The summed E-state index contributed by atoms with van der Waals surface area (Å²) in [4.78, 5) is 25.5. The van der Waals surface area contributed by atoms with Gasteiger partial charge < -0.3 is 9.73 Å². The van der Waals surface area contributed by atoms with Crippen molar-refractivity contribution in [3.05, 3.63) is 64.5 Å². The van der Waals surface area contributed by atoms with E-state index in [1.807, 2.05) is 39.0 Å². The van der Waals surface area contributed by atoms with Gasteiger partial charge in [-0.15, -0.1) is 0 Å². The molecule has 1 amide bonds. The first-order chi connectivity index (χ1) is 13.0. The van der Waals surface area contributed by atoms with E-state index in [0.717, 1.165) is 18.6 Å². The Balaban J connectivity index is 1.84. The zero-order valence-electron chi connectivity index (χ0n) is 15.9. The lowest BCUT2D eigenvalue weighted by Crippen LogP contribution is -2.36. The number of aryl methyl sites for hydroxylation is 1. The molecule has 6 nitrogen and oxygen atoms in total. The summed E-state index contributed by atoms with van der Waals surface area (Å²) in [5.41, 5.74) is 0.123. The number of benzene rings is 1. The molecule has 0 saturated heterocycles. The maximum Gasteiger partial charge on any atom is 0.274 e. The number of rotatable bonds is 7. The van der Waals surface area contributed by atoms with E-state index in [9.17, 15) is 9.59 Å². The molecule has 6 heteroatoms. The summed E-state index contributed by atoms with van der Waals surface area (Å²) in [7, 11) is 0. The Morgan fingerprint density at radius 3 is 2.56 bits per heavy atom. The van der Waals surface area contributed by atoms with Gasteiger partial charge in [-0.3, -0.25) is 9.59 Å². The van der Waals surface area contributed by atoms with Crippen LogP contribution in [0.1, 0.15) is 43.4 Å². The quantitative estimate of drug-likeness (QED) is 0.694. The van der Waals surface area contributed by atoms with Crippen molar-refractivity contribution in [1.82, 2.24) is 15.1 Å². The fourth-order valence-electron chi connectivity index (χ4n) is 3.05. The zero-order chi connectivity index (χ0) is 19.4. The molecule has 0 saturated carbocycles. The Labute approximate surface area is 158 Å². The maximum absolute atomic E-state index is 12.9. The van der Waals surface area contributed by atoms with Crippen LogP contribution in [0.25, 0.3) is 10.8 Å². The second kappa shape index (κ2) is 8.20. The minimum Gasteiger partial charge on any atom is -0.469 e. The predicted octanol–water partition coefficient (Wildman–Crippen LogP) is 3.40. The summed E-state index contributed by atoms with van der Waals surface area (Å²) in [5, 5.41) is 8.47. The number of hydrogen-bond acceptors (Lipinski definition) is 4. The van der Waals surface area contributed by atoms with Gasteiger partial charge in [-0.25, -0.2) is 4.68 Å². The highest BCUT2D eigenvalue weighted by Gasteiger charge is 2.18. The van der Waals surface area contributed by atoms with Gasteiger partial charge in [-0.1, -0.05) is 32.0 Å². The van der Waals surface area contributed by atoms with E-state index in [2.05, 4.69) is 10.4 Å². The van der Waals surface area contributed by atoms with Crippen LogP contribution in [0, 0.1) is 5.92 Å². The minimum absolute atomic E-state index is 0.0476. The van der Waals surface area contributed by atoms with Crippen LogP contribution < -0.4 is 10.9 Å². The average Bonchev–Trinajstić information content (AvgIpc) is 3.15. The van der Waals surface area contributed by atoms with Crippen molar-refractivity contribution in [2.75, 3.05) is 0 Å².